The molecule has 152 valence electrons. The number of benzene rings is 1. The zero-order chi connectivity index (χ0) is 21.4. The van der Waals surface area contributed by atoms with Crippen LogP contribution in [0.4, 0.5) is 5.69 Å². The van der Waals surface area contributed by atoms with Crippen LogP contribution in [0, 0.1) is 15.5 Å². The molecule has 1 aromatic carbocycles. The lowest BCUT2D eigenvalue weighted by molar-refractivity contribution is -0.384. The molecule has 1 fully saturated rings. The maximum atomic E-state index is 12.8. The maximum absolute atomic E-state index is 12.8. The highest BCUT2D eigenvalue weighted by Crippen LogP contribution is 2.42. The monoisotopic (exact) mass is 460 g/mol. The summed E-state index contributed by atoms with van der Waals surface area (Å²) in [5.74, 6) is -0.143. The first-order valence-electron chi connectivity index (χ1n) is 8.76. The summed E-state index contributed by atoms with van der Waals surface area (Å²) in [6.45, 7) is 1.95. The van der Waals surface area contributed by atoms with E-state index >= 15 is 0 Å². The quantitative estimate of drug-likeness (QED) is 0.309. The molecule has 2 aromatic heterocycles. The third-order valence-corrected chi connectivity index (χ3v) is 6.79. The van der Waals surface area contributed by atoms with Crippen molar-refractivity contribution in [1.29, 1.82) is 5.41 Å². The average Bonchev–Trinajstić information content (AvgIpc) is 3.42. The number of aryl methyl sites for hydroxylation is 1. The summed E-state index contributed by atoms with van der Waals surface area (Å²) in [4.78, 5) is 23.7. The van der Waals surface area contributed by atoms with E-state index in [4.69, 9.17) is 21.4 Å². The molecule has 1 aliphatic heterocycles. The molecule has 1 N–H and O–H groups in total. The number of aromatic nitrogens is 2. The molecule has 4 rings (SSSR count). The van der Waals surface area contributed by atoms with Crippen LogP contribution in [-0.2, 0) is 11.2 Å². The summed E-state index contributed by atoms with van der Waals surface area (Å²) in [7, 11) is 0. The summed E-state index contributed by atoms with van der Waals surface area (Å²) >= 11 is 8.26. The van der Waals surface area contributed by atoms with E-state index in [9.17, 15) is 14.9 Å². The molecule has 0 saturated carbocycles. The minimum atomic E-state index is -0.729. The van der Waals surface area contributed by atoms with Gasteiger partial charge in [-0.3, -0.25) is 20.3 Å². The summed E-state index contributed by atoms with van der Waals surface area (Å²) in [5, 5.41) is 29.0. The van der Waals surface area contributed by atoms with Crippen LogP contribution >= 0.6 is 34.7 Å². The predicted molar refractivity (Wildman–Crippen MR) is 116 cm³/mol. The summed E-state index contributed by atoms with van der Waals surface area (Å²) < 4.78 is 5.75. The van der Waals surface area contributed by atoms with Crippen LogP contribution < -0.4 is 0 Å². The SMILES string of the molecule is CCc1nnc([C@H]2C(=N)S/C(=C\c3ccc(-c4ccc(Cl)c([N+](=O)[O-])c4)o3)C2=O)s1. The number of halogens is 1. The number of nitrogens with zero attached hydrogens (tertiary/aromatic N) is 3. The molecule has 0 unspecified atom stereocenters. The third-order valence-electron chi connectivity index (χ3n) is 4.35. The van der Waals surface area contributed by atoms with Gasteiger partial charge in [0, 0.05) is 11.6 Å². The molecule has 0 spiro atoms. The molecule has 3 heterocycles. The zero-order valence-corrected chi connectivity index (χ0v) is 17.8. The number of allylic oxidation sites excluding steroid dienone is 1. The Morgan fingerprint density at radius 2 is 2.13 bits per heavy atom. The molecule has 1 aliphatic rings. The van der Waals surface area contributed by atoms with Gasteiger partial charge in [-0.1, -0.05) is 30.3 Å². The fourth-order valence-electron chi connectivity index (χ4n) is 2.86. The Hall–Kier alpha value is -2.82. The van der Waals surface area contributed by atoms with Crippen LogP contribution in [0.3, 0.4) is 0 Å². The van der Waals surface area contributed by atoms with E-state index in [0.717, 1.165) is 23.2 Å². The highest BCUT2D eigenvalue weighted by atomic mass is 35.5. The second-order valence-electron chi connectivity index (χ2n) is 6.29. The standard InChI is InChI=1S/C19H13ClN4O4S2/c1-2-15-22-23-19(30-15)16-17(25)14(29-18(16)21)8-10-4-6-13(28-10)9-3-5-11(20)12(7-9)24(26)27/h3-8,16,21H,2H2,1H3/b14-8-,21-18?/t16-/m1/s1. The molecule has 1 atom stereocenters. The van der Waals surface area contributed by atoms with Gasteiger partial charge in [0.1, 0.15) is 32.5 Å². The van der Waals surface area contributed by atoms with E-state index in [-0.39, 0.29) is 21.5 Å². The number of furan rings is 1. The van der Waals surface area contributed by atoms with Gasteiger partial charge in [-0.2, -0.15) is 0 Å². The Bertz CT molecular complexity index is 1220. The molecular formula is C19H13ClN4O4S2. The van der Waals surface area contributed by atoms with Crippen LogP contribution in [-0.4, -0.2) is 25.9 Å². The van der Waals surface area contributed by atoms with E-state index in [1.165, 1.54) is 23.5 Å². The Labute approximate surface area is 183 Å². The minimum Gasteiger partial charge on any atom is -0.457 e. The molecular weight excluding hydrogens is 448 g/mol. The van der Waals surface area contributed by atoms with E-state index in [0.29, 0.717) is 27.0 Å². The first-order valence-corrected chi connectivity index (χ1v) is 10.8. The molecule has 1 saturated heterocycles. The van der Waals surface area contributed by atoms with Gasteiger partial charge in [0.2, 0.25) is 0 Å². The van der Waals surface area contributed by atoms with Crippen molar-refractivity contribution in [3.8, 4) is 11.3 Å². The number of hydrogen-bond acceptors (Lipinski definition) is 9. The van der Waals surface area contributed by atoms with Gasteiger partial charge in [0.15, 0.2) is 5.78 Å². The van der Waals surface area contributed by atoms with Crippen LogP contribution in [0.1, 0.15) is 28.6 Å². The topological polar surface area (TPSA) is 123 Å². The first kappa shape index (κ1) is 20.5. The Morgan fingerprint density at radius 1 is 1.33 bits per heavy atom. The fraction of sp³-hybridized carbons (Fsp3) is 0.158. The highest BCUT2D eigenvalue weighted by Gasteiger charge is 2.39. The lowest BCUT2D eigenvalue weighted by Gasteiger charge is -2.00. The predicted octanol–water partition coefficient (Wildman–Crippen LogP) is 5.34. The van der Waals surface area contributed by atoms with Crippen molar-refractivity contribution in [3.63, 3.8) is 0 Å². The number of ketones is 1. The molecule has 0 radical (unpaired) electrons. The van der Waals surface area contributed by atoms with Crippen molar-refractivity contribution in [2.24, 2.45) is 0 Å². The van der Waals surface area contributed by atoms with E-state index in [1.54, 1.807) is 24.3 Å². The molecule has 8 nitrogen and oxygen atoms in total. The number of carbonyl (C=O) groups excluding carboxylic acids is 1. The van der Waals surface area contributed by atoms with Crippen molar-refractivity contribution in [3.05, 3.63) is 66.1 Å². The number of hydrogen-bond donors (Lipinski definition) is 1. The van der Waals surface area contributed by atoms with Gasteiger partial charge >= 0.3 is 0 Å². The van der Waals surface area contributed by atoms with E-state index < -0.39 is 10.8 Å². The Morgan fingerprint density at radius 3 is 2.83 bits per heavy atom. The van der Waals surface area contributed by atoms with Gasteiger partial charge in [0.05, 0.1) is 14.9 Å². The van der Waals surface area contributed by atoms with Crippen molar-refractivity contribution in [2.75, 3.05) is 0 Å². The molecule has 30 heavy (non-hydrogen) atoms. The molecule has 3 aromatic rings. The average molecular weight is 461 g/mol. The van der Waals surface area contributed by atoms with Crippen LogP contribution in [0.15, 0.2) is 39.7 Å². The van der Waals surface area contributed by atoms with Crippen LogP contribution in [0.5, 0.6) is 0 Å². The number of nitrogens with one attached hydrogen (secondary N) is 1. The lowest BCUT2D eigenvalue weighted by atomic mass is 10.1. The largest absolute Gasteiger partial charge is 0.457 e. The first-order chi connectivity index (χ1) is 14.4. The summed E-state index contributed by atoms with van der Waals surface area (Å²) in [6, 6.07) is 7.70. The zero-order valence-electron chi connectivity index (χ0n) is 15.4. The minimum absolute atomic E-state index is 0.0399. The normalized spacial score (nSPS) is 17.8. The molecule has 0 bridgehead atoms. The van der Waals surface area contributed by atoms with Crippen LogP contribution in [0.2, 0.25) is 5.02 Å². The van der Waals surface area contributed by atoms with E-state index in [1.807, 2.05) is 6.92 Å². The maximum Gasteiger partial charge on any atom is 0.288 e. The number of carbonyl (C=O) groups is 1. The second kappa shape index (κ2) is 8.13. The van der Waals surface area contributed by atoms with Crippen molar-refractivity contribution < 1.29 is 14.1 Å². The number of nitro groups is 1. The Balaban J connectivity index is 1.60. The van der Waals surface area contributed by atoms with Crippen molar-refractivity contribution in [2.45, 2.75) is 19.3 Å². The summed E-state index contributed by atoms with van der Waals surface area (Å²) in [5.41, 5.74) is 0.277. The van der Waals surface area contributed by atoms with Gasteiger partial charge < -0.3 is 4.42 Å². The van der Waals surface area contributed by atoms with Crippen molar-refractivity contribution in [1.82, 2.24) is 10.2 Å². The van der Waals surface area contributed by atoms with Gasteiger partial charge in [-0.25, -0.2) is 0 Å². The third kappa shape index (κ3) is 3.81. The smallest absolute Gasteiger partial charge is 0.288 e. The van der Waals surface area contributed by atoms with Gasteiger partial charge in [-0.15, -0.1) is 21.5 Å². The number of rotatable bonds is 5. The fourth-order valence-corrected chi connectivity index (χ4v) is 4.98. The number of nitro benzene ring substituents is 1. The lowest BCUT2D eigenvalue weighted by Crippen LogP contribution is -2.11. The summed E-state index contributed by atoms with van der Waals surface area (Å²) in [6.07, 6.45) is 2.29. The van der Waals surface area contributed by atoms with Gasteiger partial charge in [0.25, 0.3) is 5.69 Å². The van der Waals surface area contributed by atoms with Crippen molar-refractivity contribution >= 4 is 57.3 Å². The number of thioether (sulfide) groups is 1. The molecule has 0 amide bonds. The molecule has 11 heteroatoms. The highest BCUT2D eigenvalue weighted by molar-refractivity contribution is 8.19. The Kier molecular flexibility index (Phi) is 5.54. The second-order valence-corrected chi connectivity index (χ2v) is 8.87. The van der Waals surface area contributed by atoms with E-state index in [2.05, 4.69) is 10.2 Å². The van der Waals surface area contributed by atoms with Gasteiger partial charge in [-0.05, 0) is 36.8 Å². The molecule has 0 aliphatic carbocycles. The van der Waals surface area contributed by atoms with Crippen LogP contribution in [0.25, 0.3) is 17.4 Å². The number of Topliss-reactive ketones (excluding diaryl/α,β-unsaturated/α-hetero) is 1.